The Morgan fingerprint density at radius 2 is 1.95 bits per heavy atom. The molecule has 108 valence electrons. The standard InChI is InChI=1S/C12H17BrN2O2S.ClH/c1-9-3-2-4-11(12(9)13)18(16,17)15-10-5-7-14-8-6-10;/h2-4,10,14-15H,5-8H2,1H3;1H. The molecule has 0 aromatic heterocycles. The van der Waals surface area contributed by atoms with Crippen molar-refractivity contribution in [3.8, 4) is 0 Å². The molecule has 1 aliphatic rings. The van der Waals surface area contributed by atoms with Crippen LogP contribution in [0.25, 0.3) is 0 Å². The zero-order valence-electron chi connectivity index (χ0n) is 10.6. The average Bonchev–Trinajstić information content (AvgIpc) is 2.33. The van der Waals surface area contributed by atoms with E-state index >= 15 is 0 Å². The Labute approximate surface area is 128 Å². The predicted molar refractivity (Wildman–Crippen MR) is 82.3 cm³/mol. The summed E-state index contributed by atoms with van der Waals surface area (Å²) in [6.45, 7) is 3.61. The molecule has 0 radical (unpaired) electrons. The molecule has 0 atom stereocenters. The van der Waals surface area contributed by atoms with Gasteiger partial charge in [-0.05, 0) is 60.4 Å². The summed E-state index contributed by atoms with van der Waals surface area (Å²) in [6, 6.07) is 5.30. The minimum absolute atomic E-state index is 0. The van der Waals surface area contributed by atoms with Crippen LogP contribution < -0.4 is 10.0 Å². The highest BCUT2D eigenvalue weighted by Crippen LogP contribution is 2.25. The summed E-state index contributed by atoms with van der Waals surface area (Å²) in [6.07, 6.45) is 1.67. The quantitative estimate of drug-likeness (QED) is 0.859. The second-order valence-corrected chi connectivity index (χ2v) is 7.01. The summed E-state index contributed by atoms with van der Waals surface area (Å²) in [5.74, 6) is 0. The van der Waals surface area contributed by atoms with E-state index in [1.807, 2.05) is 13.0 Å². The van der Waals surface area contributed by atoms with E-state index in [2.05, 4.69) is 26.0 Å². The maximum absolute atomic E-state index is 12.3. The van der Waals surface area contributed by atoms with Crippen LogP contribution in [0.3, 0.4) is 0 Å². The Morgan fingerprint density at radius 1 is 1.32 bits per heavy atom. The number of halogens is 2. The predicted octanol–water partition coefficient (Wildman–Crippen LogP) is 2.21. The molecule has 0 amide bonds. The molecule has 19 heavy (non-hydrogen) atoms. The molecular weight excluding hydrogens is 352 g/mol. The molecule has 1 aromatic carbocycles. The molecule has 1 aliphatic heterocycles. The zero-order chi connectivity index (χ0) is 13.2. The first-order valence-electron chi connectivity index (χ1n) is 5.99. The molecule has 0 saturated carbocycles. The van der Waals surface area contributed by atoms with Gasteiger partial charge >= 0.3 is 0 Å². The highest BCUT2D eigenvalue weighted by molar-refractivity contribution is 9.10. The highest BCUT2D eigenvalue weighted by atomic mass is 79.9. The van der Waals surface area contributed by atoms with E-state index in [1.165, 1.54) is 0 Å². The van der Waals surface area contributed by atoms with Crippen LogP contribution in [0.5, 0.6) is 0 Å². The summed E-state index contributed by atoms with van der Waals surface area (Å²) < 4.78 is 28.1. The molecule has 1 saturated heterocycles. The minimum atomic E-state index is -3.44. The lowest BCUT2D eigenvalue weighted by Gasteiger charge is -2.23. The van der Waals surface area contributed by atoms with Crippen molar-refractivity contribution in [2.45, 2.75) is 30.7 Å². The van der Waals surface area contributed by atoms with Crippen molar-refractivity contribution in [2.24, 2.45) is 0 Å². The fourth-order valence-corrected chi connectivity index (χ4v) is 4.41. The van der Waals surface area contributed by atoms with Gasteiger partial charge in [-0.15, -0.1) is 12.4 Å². The maximum atomic E-state index is 12.3. The highest BCUT2D eigenvalue weighted by Gasteiger charge is 2.23. The van der Waals surface area contributed by atoms with Gasteiger partial charge in [0.25, 0.3) is 0 Å². The first-order valence-corrected chi connectivity index (χ1v) is 8.26. The summed E-state index contributed by atoms with van der Waals surface area (Å²) in [5.41, 5.74) is 0.920. The minimum Gasteiger partial charge on any atom is -0.317 e. The van der Waals surface area contributed by atoms with E-state index in [9.17, 15) is 8.42 Å². The van der Waals surface area contributed by atoms with E-state index in [0.717, 1.165) is 31.5 Å². The Balaban J connectivity index is 0.00000180. The molecule has 4 nitrogen and oxygen atoms in total. The second-order valence-electron chi connectivity index (χ2n) is 4.53. The van der Waals surface area contributed by atoms with Crippen LogP contribution in [-0.4, -0.2) is 27.5 Å². The molecule has 2 rings (SSSR count). The number of hydrogen-bond donors (Lipinski definition) is 2. The van der Waals surface area contributed by atoms with Crippen LogP contribution in [0.4, 0.5) is 0 Å². The van der Waals surface area contributed by atoms with Gasteiger partial charge in [0.1, 0.15) is 0 Å². The lowest BCUT2D eigenvalue weighted by atomic mass is 10.1. The normalized spacial score (nSPS) is 16.9. The van der Waals surface area contributed by atoms with Crippen molar-refractivity contribution < 1.29 is 8.42 Å². The van der Waals surface area contributed by atoms with Crippen LogP contribution in [0.1, 0.15) is 18.4 Å². The number of aryl methyl sites for hydroxylation is 1. The van der Waals surface area contributed by atoms with Gasteiger partial charge in [-0.25, -0.2) is 13.1 Å². The van der Waals surface area contributed by atoms with Gasteiger partial charge in [-0.1, -0.05) is 12.1 Å². The van der Waals surface area contributed by atoms with Gasteiger partial charge in [-0.2, -0.15) is 0 Å². The van der Waals surface area contributed by atoms with Gasteiger partial charge in [0.15, 0.2) is 0 Å². The molecule has 1 fully saturated rings. The molecule has 0 spiro atoms. The van der Waals surface area contributed by atoms with Crippen LogP contribution in [0.15, 0.2) is 27.6 Å². The third-order valence-electron chi connectivity index (χ3n) is 3.11. The van der Waals surface area contributed by atoms with E-state index in [-0.39, 0.29) is 18.4 Å². The Kier molecular flexibility index (Phi) is 6.26. The summed E-state index contributed by atoms with van der Waals surface area (Å²) in [7, 11) is -3.44. The van der Waals surface area contributed by atoms with Gasteiger partial charge in [0, 0.05) is 10.5 Å². The fraction of sp³-hybridized carbons (Fsp3) is 0.500. The topological polar surface area (TPSA) is 58.2 Å². The van der Waals surface area contributed by atoms with Crippen molar-refractivity contribution in [1.82, 2.24) is 10.0 Å². The van der Waals surface area contributed by atoms with E-state index in [4.69, 9.17) is 0 Å². The number of nitrogens with one attached hydrogen (secondary N) is 2. The van der Waals surface area contributed by atoms with Crippen molar-refractivity contribution >= 4 is 38.4 Å². The fourth-order valence-electron chi connectivity index (χ4n) is 2.05. The van der Waals surface area contributed by atoms with Crippen molar-refractivity contribution in [2.75, 3.05) is 13.1 Å². The van der Waals surface area contributed by atoms with E-state index in [0.29, 0.717) is 9.37 Å². The molecular formula is C12H18BrClN2O2S. The van der Waals surface area contributed by atoms with Crippen molar-refractivity contribution in [3.63, 3.8) is 0 Å². The van der Waals surface area contributed by atoms with E-state index < -0.39 is 10.0 Å². The molecule has 0 aliphatic carbocycles. The molecule has 1 heterocycles. The van der Waals surface area contributed by atoms with Crippen LogP contribution in [0.2, 0.25) is 0 Å². The Bertz CT molecular complexity index is 531. The molecule has 1 aromatic rings. The van der Waals surface area contributed by atoms with Gasteiger partial charge < -0.3 is 5.32 Å². The summed E-state index contributed by atoms with van der Waals surface area (Å²) >= 11 is 3.35. The number of benzene rings is 1. The smallest absolute Gasteiger partial charge is 0.241 e. The van der Waals surface area contributed by atoms with Gasteiger partial charge in [0.2, 0.25) is 10.0 Å². The first-order chi connectivity index (χ1) is 8.50. The Morgan fingerprint density at radius 3 is 2.58 bits per heavy atom. The third kappa shape index (κ3) is 4.16. The van der Waals surface area contributed by atoms with Crippen molar-refractivity contribution in [1.29, 1.82) is 0 Å². The molecule has 2 N–H and O–H groups in total. The number of hydrogen-bond acceptors (Lipinski definition) is 3. The van der Waals surface area contributed by atoms with Crippen LogP contribution >= 0.6 is 28.3 Å². The van der Waals surface area contributed by atoms with Gasteiger partial charge in [0.05, 0.1) is 4.90 Å². The third-order valence-corrected chi connectivity index (χ3v) is 5.98. The molecule has 0 unspecified atom stereocenters. The molecule has 0 bridgehead atoms. The number of rotatable bonds is 3. The lowest BCUT2D eigenvalue weighted by molar-refractivity contribution is 0.427. The Hall–Kier alpha value is -0.140. The van der Waals surface area contributed by atoms with Gasteiger partial charge in [-0.3, -0.25) is 0 Å². The average molecular weight is 370 g/mol. The first kappa shape index (κ1) is 16.9. The second kappa shape index (κ2) is 7.04. The molecule has 7 heteroatoms. The van der Waals surface area contributed by atoms with Crippen LogP contribution in [0, 0.1) is 6.92 Å². The SMILES string of the molecule is Cc1cccc(S(=O)(=O)NC2CCNCC2)c1Br.Cl. The van der Waals surface area contributed by atoms with Crippen molar-refractivity contribution in [3.05, 3.63) is 28.2 Å². The number of piperidine rings is 1. The van der Waals surface area contributed by atoms with Crippen LogP contribution in [-0.2, 0) is 10.0 Å². The summed E-state index contributed by atoms with van der Waals surface area (Å²) in [5, 5.41) is 3.22. The summed E-state index contributed by atoms with van der Waals surface area (Å²) in [4.78, 5) is 0.320. The van der Waals surface area contributed by atoms with E-state index in [1.54, 1.807) is 12.1 Å². The number of sulfonamides is 1. The maximum Gasteiger partial charge on any atom is 0.241 e. The lowest BCUT2D eigenvalue weighted by Crippen LogP contribution is -2.42. The zero-order valence-corrected chi connectivity index (χ0v) is 13.9. The monoisotopic (exact) mass is 368 g/mol. The largest absolute Gasteiger partial charge is 0.317 e.